The number of carbonyl (C=O) groups is 3. The van der Waals surface area contributed by atoms with E-state index in [-0.39, 0.29) is 23.9 Å². The molecular formula is C15H15NO3. The molecule has 0 radical (unpaired) electrons. The number of amides is 1. The normalized spacial score (nSPS) is 23.5. The Labute approximate surface area is 111 Å². The Bertz CT molecular complexity index is 564. The van der Waals surface area contributed by atoms with Crippen LogP contribution in [0.5, 0.6) is 0 Å². The Kier molecular flexibility index (Phi) is 2.93. The molecular weight excluding hydrogens is 242 g/mol. The Hall–Kier alpha value is -1.97. The van der Waals surface area contributed by atoms with Crippen LogP contribution in [0.25, 0.3) is 0 Å². The number of fused-ring (bicyclic) bond motifs is 1. The van der Waals surface area contributed by atoms with Gasteiger partial charge in [0.25, 0.3) is 5.91 Å². The Morgan fingerprint density at radius 3 is 2.63 bits per heavy atom. The Morgan fingerprint density at radius 2 is 1.84 bits per heavy atom. The summed E-state index contributed by atoms with van der Waals surface area (Å²) in [6.07, 6.45) is 1.64. The maximum atomic E-state index is 12.4. The van der Waals surface area contributed by atoms with E-state index in [0.717, 1.165) is 12.0 Å². The number of Topliss-reactive ketones (excluding diaryl/α,β-unsaturated/α-hetero) is 2. The predicted molar refractivity (Wildman–Crippen MR) is 68.8 cm³/mol. The van der Waals surface area contributed by atoms with Gasteiger partial charge in [0.15, 0.2) is 5.78 Å². The third-order valence-corrected chi connectivity index (χ3v) is 3.95. The van der Waals surface area contributed by atoms with E-state index in [1.54, 1.807) is 4.90 Å². The number of ketones is 2. The van der Waals surface area contributed by atoms with Crippen molar-refractivity contribution < 1.29 is 14.4 Å². The van der Waals surface area contributed by atoms with Crippen LogP contribution >= 0.6 is 0 Å². The summed E-state index contributed by atoms with van der Waals surface area (Å²) in [4.78, 5) is 37.3. The van der Waals surface area contributed by atoms with E-state index in [0.29, 0.717) is 24.9 Å². The van der Waals surface area contributed by atoms with Gasteiger partial charge in [-0.05, 0) is 24.5 Å². The van der Waals surface area contributed by atoms with Crippen molar-refractivity contribution in [3.05, 3.63) is 35.4 Å². The monoisotopic (exact) mass is 257 g/mol. The second kappa shape index (κ2) is 4.61. The molecule has 0 aromatic heterocycles. The van der Waals surface area contributed by atoms with E-state index in [4.69, 9.17) is 0 Å². The number of rotatable bonds is 1. The van der Waals surface area contributed by atoms with Crippen molar-refractivity contribution in [1.82, 2.24) is 4.90 Å². The molecule has 1 saturated carbocycles. The zero-order valence-electron chi connectivity index (χ0n) is 10.6. The molecule has 19 heavy (non-hydrogen) atoms. The molecule has 1 amide bonds. The molecule has 98 valence electrons. The molecule has 1 aliphatic heterocycles. The molecule has 0 unspecified atom stereocenters. The summed E-state index contributed by atoms with van der Waals surface area (Å²) in [7, 11) is 0. The van der Waals surface area contributed by atoms with Crippen molar-refractivity contribution >= 4 is 17.5 Å². The third-order valence-electron chi connectivity index (χ3n) is 3.95. The van der Waals surface area contributed by atoms with Crippen LogP contribution in [0.15, 0.2) is 24.3 Å². The summed E-state index contributed by atoms with van der Waals surface area (Å²) in [5.74, 6) is -0.190. The van der Waals surface area contributed by atoms with Gasteiger partial charge in [0.1, 0.15) is 5.78 Å². The first-order valence-corrected chi connectivity index (χ1v) is 6.60. The largest absolute Gasteiger partial charge is 0.328 e. The van der Waals surface area contributed by atoms with Crippen LogP contribution in [0.1, 0.15) is 35.2 Å². The van der Waals surface area contributed by atoms with Gasteiger partial charge >= 0.3 is 0 Å². The van der Waals surface area contributed by atoms with Crippen molar-refractivity contribution in [3.63, 3.8) is 0 Å². The fourth-order valence-corrected chi connectivity index (χ4v) is 2.93. The minimum absolute atomic E-state index is 0.00823. The van der Waals surface area contributed by atoms with Gasteiger partial charge in [0.2, 0.25) is 0 Å². The zero-order chi connectivity index (χ0) is 13.4. The van der Waals surface area contributed by atoms with E-state index in [1.165, 1.54) is 0 Å². The number of benzene rings is 1. The molecule has 1 aromatic carbocycles. The van der Waals surface area contributed by atoms with Gasteiger partial charge < -0.3 is 4.90 Å². The highest BCUT2D eigenvalue weighted by Crippen LogP contribution is 2.25. The smallest absolute Gasteiger partial charge is 0.254 e. The lowest BCUT2D eigenvalue weighted by Gasteiger charge is -2.36. The van der Waals surface area contributed by atoms with Crippen molar-refractivity contribution in [1.29, 1.82) is 0 Å². The summed E-state index contributed by atoms with van der Waals surface area (Å²) < 4.78 is 0. The van der Waals surface area contributed by atoms with Gasteiger partial charge in [0, 0.05) is 18.5 Å². The average molecular weight is 257 g/mol. The lowest BCUT2D eigenvalue weighted by molar-refractivity contribution is -0.133. The molecule has 0 saturated heterocycles. The fraction of sp³-hybridized carbons (Fsp3) is 0.400. The molecule has 2 aliphatic rings. The van der Waals surface area contributed by atoms with Crippen molar-refractivity contribution in [2.75, 3.05) is 6.54 Å². The van der Waals surface area contributed by atoms with Gasteiger partial charge in [-0.1, -0.05) is 18.2 Å². The first-order chi connectivity index (χ1) is 9.16. The van der Waals surface area contributed by atoms with E-state index in [2.05, 4.69) is 0 Å². The lowest BCUT2D eigenvalue weighted by atomic mass is 9.89. The highest BCUT2D eigenvalue weighted by atomic mass is 16.2. The van der Waals surface area contributed by atoms with Gasteiger partial charge in [-0.3, -0.25) is 14.4 Å². The molecule has 0 spiro atoms. The fourth-order valence-electron chi connectivity index (χ4n) is 2.93. The SMILES string of the molecule is O=C1CC[C@@H](N2CCc3ccccc3C2=O)C(=O)C1. The summed E-state index contributed by atoms with van der Waals surface area (Å²) >= 11 is 0. The Morgan fingerprint density at radius 1 is 1.05 bits per heavy atom. The van der Waals surface area contributed by atoms with Gasteiger partial charge in [0.05, 0.1) is 12.5 Å². The molecule has 1 atom stereocenters. The van der Waals surface area contributed by atoms with Crippen LogP contribution in [0.4, 0.5) is 0 Å². The maximum absolute atomic E-state index is 12.4. The summed E-state index contributed by atoms with van der Waals surface area (Å²) in [6.45, 7) is 0.570. The molecule has 4 heteroatoms. The third kappa shape index (κ3) is 2.07. The zero-order valence-corrected chi connectivity index (χ0v) is 10.6. The topological polar surface area (TPSA) is 54.5 Å². The summed E-state index contributed by atoms with van der Waals surface area (Å²) in [6, 6.07) is 7.12. The molecule has 1 aliphatic carbocycles. The van der Waals surface area contributed by atoms with Gasteiger partial charge in [-0.2, -0.15) is 0 Å². The Balaban J connectivity index is 1.86. The molecule has 4 nitrogen and oxygen atoms in total. The molecule has 3 rings (SSSR count). The van der Waals surface area contributed by atoms with Gasteiger partial charge in [-0.15, -0.1) is 0 Å². The van der Waals surface area contributed by atoms with Crippen LogP contribution in [0, 0.1) is 0 Å². The lowest BCUT2D eigenvalue weighted by Crippen LogP contribution is -2.50. The van der Waals surface area contributed by atoms with E-state index >= 15 is 0 Å². The predicted octanol–water partition coefficient (Wildman–Crippen LogP) is 1.38. The number of hydrogen-bond donors (Lipinski definition) is 0. The van der Waals surface area contributed by atoms with Crippen LogP contribution in [-0.4, -0.2) is 35.0 Å². The van der Waals surface area contributed by atoms with Crippen molar-refractivity contribution in [3.8, 4) is 0 Å². The molecule has 1 heterocycles. The summed E-state index contributed by atoms with van der Waals surface area (Å²) in [5, 5.41) is 0. The average Bonchev–Trinajstić information content (AvgIpc) is 2.41. The standard InChI is InChI=1S/C15H15NO3/c17-11-5-6-13(14(18)9-11)16-8-7-10-3-1-2-4-12(10)15(16)19/h1-4,13H,5-9H2/t13-/m1/s1. The van der Waals surface area contributed by atoms with E-state index in [9.17, 15) is 14.4 Å². The van der Waals surface area contributed by atoms with Crippen LogP contribution in [-0.2, 0) is 16.0 Å². The maximum Gasteiger partial charge on any atom is 0.254 e. The van der Waals surface area contributed by atoms with Crippen LogP contribution in [0.2, 0.25) is 0 Å². The second-order valence-electron chi connectivity index (χ2n) is 5.14. The molecule has 1 aromatic rings. The first kappa shape index (κ1) is 12.1. The number of nitrogens with zero attached hydrogens (tertiary/aromatic N) is 1. The van der Waals surface area contributed by atoms with Gasteiger partial charge in [-0.25, -0.2) is 0 Å². The molecule has 0 N–H and O–H groups in total. The van der Waals surface area contributed by atoms with Crippen LogP contribution < -0.4 is 0 Å². The van der Waals surface area contributed by atoms with Crippen LogP contribution in [0.3, 0.4) is 0 Å². The minimum atomic E-state index is -0.404. The molecule has 1 fully saturated rings. The molecule has 0 bridgehead atoms. The first-order valence-electron chi connectivity index (χ1n) is 6.60. The second-order valence-corrected chi connectivity index (χ2v) is 5.14. The summed E-state index contributed by atoms with van der Waals surface area (Å²) in [5.41, 5.74) is 1.74. The number of hydrogen-bond acceptors (Lipinski definition) is 3. The van der Waals surface area contributed by atoms with E-state index in [1.807, 2.05) is 24.3 Å². The van der Waals surface area contributed by atoms with E-state index < -0.39 is 6.04 Å². The number of carbonyl (C=O) groups excluding carboxylic acids is 3. The highest BCUT2D eigenvalue weighted by Gasteiger charge is 2.36. The minimum Gasteiger partial charge on any atom is -0.328 e. The quantitative estimate of drug-likeness (QED) is 0.714. The van der Waals surface area contributed by atoms with Crippen molar-refractivity contribution in [2.45, 2.75) is 31.7 Å². The highest BCUT2D eigenvalue weighted by molar-refractivity contribution is 6.07. The van der Waals surface area contributed by atoms with Crippen molar-refractivity contribution in [2.24, 2.45) is 0 Å².